The van der Waals surface area contributed by atoms with Crippen molar-refractivity contribution in [3.63, 3.8) is 0 Å². The molecular weight excluding hydrogens is 356 g/mol. The molecular formula is C17H20BrN4O+. The zero-order chi connectivity index (χ0) is 16.1. The van der Waals surface area contributed by atoms with Gasteiger partial charge in [0.05, 0.1) is 13.1 Å². The van der Waals surface area contributed by atoms with Crippen LogP contribution in [0.1, 0.15) is 28.9 Å². The van der Waals surface area contributed by atoms with Gasteiger partial charge in [0.15, 0.2) is 0 Å². The van der Waals surface area contributed by atoms with Gasteiger partial charge in [-0.1, -0.05) is 30.3 Å². The Balaban J connectivity index is 1.47. The Kier molecular flexibility index (Phi) is 5.25. The molecule has 1 aromatic heterocycles. The molecule has 0 spiro atoms. The van der Waals surface area contributed by atoms with Crippen molar-refractivity contribution >= 4 is 27.5 Å². The number of nitrogens with zero attached hydrogens (tertiary/aromatic N) is 1. The number of hydrogen-bond donors (Lipinski definition) is 3. The molecule has 1 fully saturated rings. The molecule has 2 aromatic rings. The van der Waals surface area contributed by atoms with E-state index < -0.39 is 0 Å². The maximum absolute atomic E-state index is 11.9. The average Bonchev–Trinajstić information content (AvgIpc) is 3.01. The highest BCUT2D eigenvalue weighted by molar-refractivity contribution is 9.10. The van der Waals surface area contributed by atoms with Gasteiger partial charge in [0, 0.05) is 34.8 Å². The first-order valence-corrected chi connectivity index (χ1v) is 8.57. The fraction of sp³-hybridized carbons (Fsp3) is 0.294. The number of carbonyl (C=O) groups is 1. The van der Waals surface area contributed by atoms with Crippen LogP contribution in [0.4, 0.5) is 0 Å². The predicted octanol–water partition coefficient (Wildman–Crippen LogP) is 1.74. The van der Waals surface area contributed by atoms with Gasteiger partial charge in [-0.25, -0.2) is 5.43 Å². The number of quaternary nitrogens is 1. The first-order chi connectivity index (χ1) is 11.2. The smallest absolute Gasteiger partial charge is 0.287 e. The summed E-state index contributed by atoms with van der Waals surface area (Å²) in [5, 5.41) is 4.28. The highest BCUT2D eigenvalue weighted by atomic mass is 79.9. The van der Waals surface area contributed by atoms with E-state index in [0.717, 1.165) is 42.7 Å². The Bertz CT molecular complexity index is 686. The summed E-state index contributed by atoms with van der Waals surface area (Å²) in [5.74, 6) is -0.206. The summed E-state index contributed by atoms with van der Waals surface area (Å²) < 4.78 is 0.855. The first kappa shape index (κ1) is 16.0. The van der Waals surface area contributed by atoms with Crippen LogP contribution in [0.5, 0.6) is 0 Å². The van der Waals surface area contributed by atoms with Crippen LogP contribution in [0.3, 0.4) is 0 Å². The molecule has 0 radical (unpaired) electrons. The zero-order valence-electron chi connectivity index (χ0n) is 12.8. The van der Waals surface area contributed by atoms with Gasteiger partial charge >= 0.3 is 0 Å². The molecule has 6 heteroatoms. The standard InChI is InChI=1S/C17H19BrN4O/c18-14-10-16(19-11-14)17(23)21-20-15-6-8-22(9-7-15)12-13-4-2-1-3-5-13/h1-5,10-11,19H,6-9,12H2,(H,21,23)/p+1. The number of aromatic amines is 1. The van der Waals surface area contributed by atoms with Gasteiger partial charge in [-0.05, 0) is 22.0 Å². The van der Waals surface area contributed by atoms with Crippen LogP contribution >= 0.6 is 15.9 Å². The molecule has 3 rings (SSSR count). The SMILES string of the molecule is O=C(NN=C1CC[NH+](Cc2ccccc2)CC1)c1cc(Br)c[nH]1. The number of halogens is 1. The largest absolute Gasteiger partial charge is 0.356 e. The number of aromatic nitrogens is 1. The maximum atomic E-state index is 11.9. The molecule has 0 aliphatic carbocycles. The van der Waals surface area contributed by atoms with Crippen LogP contribution in [-0.2, 0) is 6.54 Å². The number of likely N-dealkylation sites (tertiary alicyclic amines) is 1. The minimum absolute atomic E-state index is 0.206. The van der Waals surface area contributed by atoms with E-state index in [1.807, 2.05) is 6.07 Å². The second-order valence-electron chi connectivity index (χ2n) is 5.76. The summed E-state index contributed by atoms with van der Waals surface area (Å²) in [6.07, 6.45) is 3.58. The lowest BCUT2D eigenvalue weighted by Crippen LogP contribution is -3.11. The monoisotopic (exact) mass is 375 g/mol. The topological polar surface area (TPSA) is 61.7 Å². The third-order valence-corrected chi connectivity index (χ3v) is 4.50. The van der Waals surface area contributed by atoms with E-state index in [1.165, 1.54) is 5.56 Å². The average molecular weight is 376 g/mol. The van der Waals surface area contributed by atoms with E-state index in [1.54, 1.807) is 17.2 Å². The predicted molar refractivity (Wildman–Crippen MR) is 93.5 cm³/mol. The van der Waals surface area contributed by atoms with E-state index in [4.69, 9.17) is 0 Å². The van der Waals surface area contributed by atoms with Gasteiger partial charge in [-0.2, -0.15) is 5.10 Å². The lowest BCUT2D eigenvalue weighted by molar-refractivity contribution is -0.914. The zero-order valence-corrected chi connectivity index (χ0v) is 14.4. The molecule has 3 N–H and O–H groups in total. The third-order valence-electron chi connectivity index (χ3n) is 4.04. The van der Waals surface area contributed by atoms with Gasteiger partial charge < -0.3 is 9.88 Å². The summed E-state index contributed by atoms with van der Waals surface area (Å²) >= 11 is 3.31. The fourth-order valence-corrected chi connectivity index (χ4v) is 3.10. The van der Waals surface area contributed by atoms with Crippen molar-refractivity contribution in [1.29, 1.82) is 0 Å². The molecule has 0 saturated carbocycles. The van der Waals surface area contributed by atoms with Crippen LogP contribution in [0.2, 0.25) is 0 Å². The van der Waals surface area contributed by atoms with Gasteiger partial charge in [0.2, 0.25) is 0 Å². The number of piperidine rings is 1. The quantitative estimate of drug-likeness (QED) is 0.700. The van der Waals surface area contributed by atoms with Crippen molar-refractivity contribution in [2.75, 3.05) is 13.1 Å². The van der Waals surface area contributed by atoms with Crippen molar-refractivity contribution < 1.29 is 9.69 Å². The van der Waals surface area contributed by atoms with E-state index >= 15 is 0 Å². The molecule has 1 aromatic carbocycles. The third kappa shape index (κ3) is 4.53. The Hall–Kier alpha value is -1.92. The molecule has 1 aliphatic rings. The molecule has 1 saturated heterocycles. The number of hydrogen-bond acceptors (Lipinski definition) is 2. The van der Waals surface area contributed by atoms with E-state index in [-0.39, 0.29) is 5.91 Å². The summed E-state index contributed by atoms with van der Waals surface area (Å²) in [5.41, 5.74) is 5.58. The molecule has 120 valence electrons. The minimum atomic E-state index is -0.206. The Morgan fingerprint density at radius 2 is 2.00 bits per heavy atom. The molecule has 1 aliphatic heterocycles. The molecule has 1 amide bonds. The Labute approximate surface area is 143 Å². The van der Waals surface area contributed by atoms with Gasteiger partial charge in [-0.3, -0.25) is 4.79 Å². The number of H-pyrrole nitrogens is 1. The van der Waals surface area contributed by atoms with Gasteiger partial charge in [-0.15, -0.1) is 0 Å². The second kappa shape index (κ2) is 7.57. The van der Waals surface area contributed by atoms with Crippen molar-refractivity contribution in [2.45, 2.75) is 19.4 Å². The summed E-state index contributed by atoms with van der Waals surface area (Å²) in [6, 6.07) is 12.3. The van der Waals surface area contributed by atoms with Crippen LogP contribution < -0.4 is 10.3 Å². The lowest BCUT2D eigenvalue weighted by Gasteiger charge is -2.24. The van der Waals surface area contributed by atoms with Gasteiger partial charge in [0.25, 0.3) is 5.91 Å². The highest BCUT2D eigenvalue weighted by Crippen LogP contribution is 2.10. The molecule has 0 unspecified atom stereocenters. The molecule has 2 heterocycles. The number of rotatable bonds is 4. The summed E-state index contributed by atoms with van der Waals surface area (Å²) in [7, 11) is 0. The van der Waals surface area contributed by atoms with Crippen molar-refractivity contribution in [3.8, 4) is 0 Å². The number of carbonyl (C=O) groups excluding carboxylic acids is 1. The Morgan fingerprint density at radius 3 is 2.65 bits per heavy atom. The molecule has 5 nitrogen and oxygen atoms in total. The highest BCUT2D eigenvalue weighted by Gasteiger charge is 2.19. The van der Waals surface area contributed by atoms with Crippen molar-refractivity contribution in [1.82, 2.24) is 10.4 Å². The summed E-state index contributed by atoms with van der Waals surface area (Å²) in [6.45, 7) is 3.16. The van der Waals surface area contributed by atoms with Crippen LogP contribution in [-0.4, -0.2) is 29.7 Å². The number of benzene rings is 1. The van der Waals surface area contributed by atoms with E-state index in [2.05, 4.69) is 55.7 Å². The second-order valence-corrected chi connectivity index (χ2v) is 6.68. The van der Waals surface area contributed by atoms with Crippen molar-refractivity contribution in [2.24, 2.45) is 5.10 Å². The lowest BCUT2D eigenvalue weighted by atomic mass is 10.1. The van der Waals surface area contributed by atoms with E-state index in [0.29, 0.717) is 5.69 Å². The summed E-state index contributed by atoms with van der Waals surface area (Å²) in [4.78, 5) is 16.4. The Morgan fingerprint density at radius 1 is 1.26 bits per heavy atom. The number of nitrogens with one attached hydrogen (secondary N) is 3. The van der Waals surface area contributed by atoms with E-state index in [9.17, 15) is 4.79 Å². The van der Waals surface area contributed by atoms with Crippen LogP contribution in [0.15, 0.2) is 52.2 Å². The molecule has 23 heavy (non-hydrogen) atoms. The molecule has 0 atom stereocenters. The normalized spacial score (nSPS) is 17.8. The first-order valence-electron chi connectivity index (χ1n) is 7.78. The van der Waals surface area contributed by atoms with Crippen LogP contribution in [0, 0.1) is 0 Å². The number of amides is 1. The number of hydrazone groups is 1. The fourth-order valence-electron chi connectivity index (χ4n) is 2.75. The maximum Gasteiger partial charge on any atom is 0.287 e. The van der Waals surface area contributed by atoms with Crippen LogP contribution in [0.25, 0.3) is 0 Å². The minimum Gasteiger partial charge on any atom is -0.356 e. The van der Waals surface area contributed by atoms with Gasteiger partial charge in [0.1, 0.15) is 12.2 Å². The van der Waals surface area contributed by atoms with Crippen molar-refractivity contribution in [3.05, 3.63) is 58.3 Å². The molecule has 0 bridgehead atoms.